The van der Waals surface area contributed by atoms with Crippen molar-refractivity contribution < 1.29 is 4.92 Å². The first kappa shape index (κ1) is 14.8. The van der Waals surface area contributed by atoms with E-state index in [0.717, 1.165) is 19.6 Å². The molecule has 0 aliphatic carbocycles. The van der Waals surface area contributed by atoms with E-state index in [0.29, 0.717) is 18.1 Å². The molecule has 1 fully saturated rings. The van der Waals surface area contributed by atoms with Gasteiger partial charge < -0.3 is 10.2 Å². The van der Waals surface area contributed by atoms with Crippen LogP contribution in [0.3, 0.4) is 0 Å². The Morgan fingerprint density at radius 3 is 2.55 bits per heavy atom. The highest BCUT2D eigenvalue weighted by Gasteiger charge is 2.23. The first-order chi connectivity index (χ1) is 9.59. The number of nitrogens with one attached hydrogen (secondary N) is 1. The van der Waals surface area contributed by atoms with Gasteiger partial charge in [0.2, 0.25) is 5.82 Å². The minimum atomic E-state index is -0.364. The van der Waals surface area contributed by atoms with E-state index in [-0.39, 0.29) is 10.6 Å². The maximum Gasteiger partial charge on any atom is 0.333 e. The first-order valence-electron chi connectivity index (χ1n) is 7.24. The molecule has 1 aromatic rings. The van der Waals surface area contributed by atoms with Gasteiger partial charge in [-0.3, -0.25) is 10.1 Å². The molecular weight excluding hydrogens is 258 g/mol. The molecule has 2 rings (SSSR count). The number of hydrogen-bond acceptors (Lipinski definition) is 5. The van der Waals surface area contributed by atoms with Crippen molar-refractivity contribution in [2.24, 2.45) is 7.05 Å². The van der Waals surface area contributed by atoms with Gasteiger partial charge in [0, 0.05) is 20.1 Å². The van der Waals surface area contributed by atoms with Crippen molar-refractivity contribution in [3.05, 3.63) is 15.8 Å². The van der Waals surface area contributed by atoms with Crippen LogP contribution in [0.25, 0.3) is 0 Å². The molecule has 2 heterocycles. The molecule has 0 atom stereocenters. The zero-order valence-corrected chi connectivity index (χ0v) is 12.3. The van der Waals surface area contributed by atoms with Crippen LogP contribution in [0.5, 0.6) is 0 Å². The Kier molecular flexibility index (Phi) is 4.94. The summed E-state index contributed by atoms with van der Waals surface area (Å²) < 4.78 is 1.55. The quantitative estimate of drug-likeness (QED) is 0.659. The zero-order chi connectivity index (χ0) is 14.5. The molecule has 0 saturated carbocycles. The Balaban J connectivity index is 1.92. The summed E-state index contributed by atoms with van der Waals surface area (Å²) in [7, 11) is 1.73. The van der Waals surface area contributed by atoms with Crippen molar-refractivity contribution >= 4 is 11.5 Å². The summed E-state index contributed by atoms with van der Waals surface area (Å²) in [5, 5.41) is 18.3. The average molecular weight is 281 g/mol. The van der Waals surface area contributed by atoms with E-state index in [1.54, 1.807) is 18.7 Å². The van der Waals surface area contributed by atoms with E-state index in [1.165, 1.54) is 25.7 Å². The number of hydrogen-bond donors (Lipinski definition) is 1. The van der Waals surface area contributed by atoms with Crippen molar-refractivity contribution in [2.45, 2.75) is 32.6 Å². The summed E-state index contributed by atoms with van der Waals surface area (Å²) in [5.74, 6) is 0.502. The Morgan fingerprint density at radius 2 is 1.95 bits per heavy atom. The maximum absolute atomic E-state index is 11.1. The summed E-state index contributed by atoms with van der Waals surface area (Å²) >= 11 is 0. The van der Waals surface area contributed by atoms with E-state index >= 15 is 0 Å². The Labute approximate surface area is 119 Å². The highest BCUT2D eigenvalue weighted by atomic mass is 16.6. The summed E-state index contributed by atoms with van der Waals surface area (Å²) in [4.78, 5) is 13.1. The summed E-state index contributed by atoms with van der Waals surface area (Å²) in [6, 6.07) is 0. The minimum Gasteiger partial charge on any atom is -0.363 e. The van der Waals surface area contributed by atoms with Gasteiger partial charge in [-0.05, 0) is 32.9 Å². The smallest absolute Gasteiger partial charge is 0.333 e. The molecule has 7 nitrogen and oxygen atoms in total. The van der Waals surface area contributed by atoms with Crippen LogP contribution in [-0.2, 0) is 7.05 Å². The fraction of sp³-hybridized carbons (Fsp3) is 0.769. The van der Waals surface area contributed by atoms with Crippen molar-refractivity contribution in [1.29, 1.82) is 0 Å². The van der Waals surface area contributed by atoms with E-state index in [2.05, 4.69) is 15.3 Å². The monoisotopic (exact) mass is 281 g/mol. The lowest BCUT2D eigenvalue weighted by Crippen LogP contribution is -2.30. The van der Waals surface area contributed by atoms with Crippen molar-refractivity contribution in [3.63, 3.8) is 0 Å². The van der Waals surface area contributed by atoms with Gasteiger partial charge in [0.1, 0.15) is 5.69 Å². The number of rotatable bonds is 5. The summed E-state index contributed by atoms with van der Waals surface area (Å²) in [6.45, 7) is 5.56. The van der Waals surface area contributed by atoms with Crippen molar-refractivity contribution in [3.8, 4) is 0 Å². The number of anilines is 1. The third kappa shape index (κ3) is 3.47. The normalized spacial score (nSPS) is 16.9. The molecule has 112 valence electrons. The molecule has 20 heavy (non-hydrogen) atoms. The highest BCUT2D eigenvalue weighted by molar-refractivity contribution is 5.59. The van der Waals surface area contributed by atoms with E-state index < -0.39 is 0 Å². The van der Waals surface area contributed by atoms with E-state index in [4.69, 9.17) is 0 Å². The number of likely N-dealkylation sites (tertiary alicyclic amines) is 1. The van der Waals surface area contributed by atoms with E-state index in [1.807, 2.05) is 0 Å². The lowest BCUT2D eigenvalue weighted by molar-refractivity contribution is -0.384. The van der Waals surface area contributed by atoms with Crippen LogP contribution in [0.4, 0.5) is 11.5 Å². The highest BCUT2D eigenvalue weighted by Crippen LogP contribution is 2.26. The molecule has 1 aliphatic heterocycles. The van der Waals surface area contributed by atoms with E-state index in [9.17, 15) is 10.1 Å². The second kappa shape index (κ2) is 6.69. The summed E-state index contributed by atoms with van der Waals surface area (Å²) in [6.07, 6.45) is 5.14. The van der Waals surface area contributed by atoms with Gasteiger partial charge in [-0.25, -0.2) is 4.68 Å². The molecule has 0 amide bonds. The molecule has 1 aromatic heterocycles. The third-order valence-electron chi connectivity index (χ3n) is 3.79. The van der Waals surface area contributed by atoms with Gasteiger partial charge in [0.15, 0.2) is 0 Å². The molecular formula is C13H23N5O2. The molecule has 7 heteroatoms. The lowest BCUT2D eigenvalue weighted by atomic mass is 10.2. The standard InChI is InChI=1S/C13H23N5O2/c1-11-12(18(19)20)13(16(2)15-11)14-7-10-17-8-5-3-4-6-9-17/h14H,3-10H2,1-2H3. The predicted molar refractivity (Wildman–Crippen MR) is 78.0 cm³/mol. The molecule has 1 saturated heterocycles. The predicted octanol–water partition coefficient (Wildman–Crippen LogP) is 1.92. The second-order valence-electron chi connectivity index (χ2n) is 5.35. The molecule has 0 unspecified atom stereocenters. The lowest BCUT2D eigenvalue weighted by Gasteiger charge is -2.19. The number of aryl methyl sites for hydroxylation is 2. The molecule has 0 bridgehead atoms. The van der Waals surface area contributed by atoms with Crippen LogP contribution in [0.2, 0.25) is 0 Å². The van der Waals surface area contributed by atoms with Crippen LogP contribution in [0.1, 0.15) is 31.4 Å². The Morgan fingerprint density at radius 1 is 1.30 bits per heavy atom. The largest absolute Gasteiger partial charge is 0.363 e. The van der Waals surface area contributed by atoms with Gasteiger partial charge in [0.25, 0.3) is 0 Å². The third-order valence-corrected chi connectivity index (χ3v) is 3.79. The van der Waals surface area contributed by atoms with Gasteiger partial charge in [-0.2, -0.15) is 5.10 Å². The SMILES string of the molecule is Cc1nn(C)c(NCCN2CCCCCC2)c1[N+](=O)[O-]. The van der Waals surface area contributed by atoms with Gasteiger partial charge >= 0.3 is 5.69 Å². The minimum absolute atomic E-state index is 0.0865. The van der Waals surface area contributed by atoms with Crippen LogP contribution < -0.4 is 5.32 Å². The van der Waals surface area contributed by atoms with Crippen LogP contribution in [0, 0.1) is 17.0 Å². The molecule has 1 aliphatic rings. The van der Waals surface area contributed by atoms with Gasteiger partial charge in [-0.15, -0.1) is 0 Å². The second-order valence-corrected chi connectivity index (χ2v) is 5.35. The fourth-order valence-corrected chi connectivity index (χ4v) is 2.76. The Bertz CT molecular complexity index is 464. The average Bonchev–Trinajstić information content (AvgIpc) is 2.57. The zero-order valence-electron chi connectivity index (χ0n) is 12.3. The van der Waals surface area contributed by atoms with Crippen LogP contribution in [-0.4, -0.2) is 45.8 Å². The number of nitrogens with zero attached hydrogens (tertiary/aromatic N) is 4. The first-order valence-corrected chi connectivity index (χ1v) is 7.24. The van der Waals surface area contributed by atoms with Gasteiger partial charge in [-0.1, -0.05) is 12.8 Å². The topological polar surface area (TPSA) is 76.2 Å². The van der Waals surface area contributed by atoms with Crippen LogP contribution >= 0.6 is 0 Å². The van der Waals surface area contributed by atoms with Crippen molar-refractivity contribution in [2.75, 3.05) is 31.5 Å². The Hall–Kier alpha value is -1.63. The van der Waals surface area contributed by atoms with Crippen LogP contribution in [0.15, 0.2) is 0 Å². The molecule has 0 radical (unpaired) electrons. The molecule has 0 spiro atoms. The van der Waals surface area contributed by atoms with Crippen molar-refractivity contribution in [1.82, 2.24) is 14.7 Å². The fourth-order valence-electron chi connectivity index (χ4n) is 2.76. The number of aromatic nitrogens is 2. The van der Waals surface area contributed by atoms with Gasteiger partial charge in [0.05, 0.1) is 4.92 Å². The summed E-state index contributed by atoms with van der Waals surface area (Å²) in [5.41, 5.74) is 0.540. The molecule has 0 aromatic carbocycles. The number of nitro groups is 1. The maximum atomic E-state index is 11.1. The molecule has 1 N–H and O–H groups in total.